The second-order valence-corrected chi connectivity index (χ2v) is 25.2. The van der Waals surface area contributed by atoms with E-state index in [1.165, 1.54) is 42.4 Å². The van der Waals surface area contributed by atoms with Crippen molar-refractivity contribution in [3.63, 3.8) is 0 Å². The maximum Gasteiger partial charge on any atom is 0.144 e. The molecule has 0 aliphatic carbocycles. The molecule has 13 heteroatoms. The summed E-state index contributed by atoms with van der Waals surface area (Å²) in [5, 5.41) is 11.1. The largest absolute Gasteiger partial charge is 0.627 e. The van der Waals surface area contributed by atoms with Crippen LogP contribution in [0.4, 0.5) is 0 Å². The van der Waals surface area contributed by atoms with Crippen LogP contribution < -0.4 is 42.4 Å². The van der Waals surface area contributed by atoms with Gasteiger partial charge in [0.2, 0.25) is 0 Å². The van der Waals surface area contributed by atoms with E-state index in [4.69, 9.17) is 38.1 Å². The first-order chi connectivity index (χ1) is 30.1. The molecule has 8 rings (SSSR count). The van der Waals surface area contributed by atoms with Crippen LogP contribution in [0.3, 0.4) is 0 Å². The Morgan fingerprint density at radius 2 is 0.393 bits per heavy atom. The fourth-order valence-electron chi connectivity index (χ4n) is 7.02. The molecule has 0 aliphatic heterocycles. The van der Waals surface area contributed by atoms with Crippen LogP contribution >= 0.6 is 52.6 Å². The van der Waals surface area contributed by atoms with Crippen molar-refractivity contribution >= 4 is 132 Å². The van der Waals surface area contributed by atoms with E-state index in [2.05, 4.69) is 276 Å². The van der Waals surface area contributed by atoms with E-state index in [0.29, 0.717) is 0 Å². The van der Waals surface area contributed by atoms with Gasteiger partial charge in [-0.3, -0.25) is 0 Å². The van der Waals surface area contributed by atoms with Gasteiger partial charge in [-0.2, -0.15) is 0 Å². The minimum Gasteiger partial charge on any atom is -0.627 e. The van der Waals surface area contributed by atoms with E-state index in [0.717, 1.165) is 11.4 Å². The average molecular weight is 1160 g/mol. The second kappa shape index (κ2) is 29.9. The number of rotatable bonds is 8. The Hall–Kier alpha value is -2.38. The number of hydrogen-bond donors (Lipinski definition) is 0. The van der Waals surface area contributed by atoms with E-state index in [1.54, 1.807) is 0 Å². The Labute approximate surface area is 409 Å². The SMILES string of the molecule is [Cl][Pd][Cl].[Cl][Pd][Cl].[S-]N=S=N[S-].c1ccc([P+](c2ccccc2)(c2ccccc2)c2ccccc2)cc1.c1ccc([P+](c2ccccc2)(c2ccccc2)c2ccccc2)cc1. The predicted molar refractivity (Wildman–Crippen MR) is 273 cm³/mol. The summed E-state index contributed by atoms with van der Waals surface area (Å²) in [5.41, 5.74) is 0. The molecule has 0 amide bonds. The molecule has 0 bridgehead atoms. The Kier molecular flexibility index (Phi) is 25.1. The van der Waals surface area contributed by atoms with Crippen molar-refractivity contribution in [2.24, 2.45) is 7.54 Å². The third kappa shape index (κ3) is 14.3. The molecule has 61 heavy (non-hydrogen) atoms. The molecule has 0 fully saturated rings. The number of halogens is 4. The summed E-state index contributed by atoms with van der Waals surface area (Å²) in [6.07, 6.45) is 0. The van der Waals surface area contributed by atoms with Gasteiger partial charge in [-0.25, -0.2) is 0 Å². The molecule has 0 heterocycles. The van der Waals surface area contributed by atoms with E-state index in [-0.39, 0.29) is 31.9 Å². The molecule has 0 atom stereocenters. The van der Waals surface area contributed by atoms with E-state index in [1.807, 2.05) is 0 Å². The molecule has 0 N–H and O–H groups in total. The van der Waals surface area contributed by atoms with Gasteiger partial charge in [0.05, 0.1) is 0 Å². The monoisotopic (exact) mass is 1150 g/mol. The van der Waals surface area contributed by atoms with Crippen LogP contribution in [-0.2, 0) is 68.9 Å². The van der Waals surface area contributed by atoms with Crippen molar-refractivity contribution in [2.45, 2.75) is 0 Å². The minimum absolute atomic E-state index is 0.106. The molecule has 318 valence electrons. The van der Waals surface area contributed by atoms with Crippen molar-refractivity contribution in [1.29, 1.82) is 0 Å². The van der Waals surface area contributed by atoms with Crippen LogP contribution in [0.2, 0.25) is 0 Å². The number of hydrogen-bond acceptors (Lipinski definition) is 4. The fourth-order valence-corrected chi connectivity index (χ4v) is 15.9. The molecular formula is C48H40Cl4N2P2Pd2S3. The van der Waals surface area contributed by atoms with Gasteiger partial charge >= 0.3 is 70.0 Å². The molecule has 0 saturated carbocycles. The van der Waals surface area contributed by atoms with E-state index >= 15 is 0 Å². The number of nitrogens with zero attached hydrogens (tertiary/aromatic N) is 2. The van der Waals surface area contributed by atoms with Crippen LogP contribution in [0.25, 0.3) is 0 Å². The summed E-state index contributed by atoms with van der Waals surface area (Å²) in [5.74, 6) is 0. The molecule has 0 saturated heterocycles. The quantitative estimate of drug-likeness (QED) is 0.0860. The van der Waals surface area contributed by atoms with Crippen molar-refractivity contribution < 1.29 is 31.9 Å². The average Bonchev–Trinajstić information content (AvgIpc) is 3.34. The van der Waals surface area contributed by atoms with Crippen LogP contribution in [0.1, 0.15) is 0 Å². The summed E-state index contributed by atoms with van der Waals surface area (Å²) in [6, 6.07) is 87.7. The minimum atomic E-state index is -1.91. The first-order valence-corrected chi connectivity index (χ1v) is 31.3. The van der Waals surface area contributed by atoms with Gasteiger partial charge < -0.3 is 33.2 Å². The van der Waals surface area contributed by atoms with Gasteiger partial charge in [0, 0.05) is 11.4 Å². The summed E-state index contributed by atoms with van der Waals surface area (Å²) >= 11 is 8.79. The van der Waals surface area contributed by atoms with Crippen molar-refractivity contribution in [3.05, 3.63) is 243 Å². The van der Waals surface area contributed by atoms with Gasteiger partial charge in [-0.1, -0.05) is 146 Å². The van der Waals surface area contributed by atoms with Gasteiger partial charge in [0.25, 0.3) is 0 Å². The van der Waals surface area contributed by atoms with Crippen LogP contribution in [0.15, 0.2) is 250 Å². The van der Waals surface area contributed by atoms with Crippen LogP contribution in [-0.4, -0.2) is 0 Å². The zero-order valence-corrected chi connectivity index (χ0v) is 42.6. The summed E-state index contributed by atoms with van der Waals surface area (Å²) < 4.78 is 6.17. The zero-order chi connectivity index (χ0) is 43.4. The maximum absolute atomic E-state index is 4.81. The first kappa shape index (κ1) is 51.3. The standard InChI is InChI=1S/2C24H20P.4ClH.H2N2S3.2Pd/c2*1-5-13-21(14-6-1)25(22-15-7-2-8-16-22,23-17-9-3-10-18-23)24-19-11-4-12-20-24;;;;;3-1-5-2-4;;/h2*1-20H;4*1H;3-4H;;/q2*+1;;;;;;2*+2/p-6. The molecule has 2 nitrogen and oxygen atoms in total. The Morgan fingerprint density at radius 3 is 0.475 bits per heavy atom. The third-order valence-corrected chi connectivity index (χ3v) is 18.3. The van der Waals surface area contributed by atoms with Gasteiger partial charge in [-0.05, 0) is 97.1 Å². The van der Waals surface area contributed by atoms with Crippen molar-refractivity contribution in [3.8, 4) is 0 Å². The first-order valence-electron chi connectivity index (χ1n) is 18.3. The molecule has 0 aromatic heterocycles. The molecule has 0 radical (unpaired) electrons. The van der Waals surface area contributed by atoms with Crippen molar-refractivity contribution in [1.82, 2.24) is 0 Å². The molecule has 8 aromatic carbocycles. The zero-order valence-electron chi connectivity index (χ0n) is 32.3. The summed E-state index contributed by atoms with van der Waals surface area (Å²) in [7, 11) is 15.4. The van der Waals surface area contributed by atoms with Crippen LogP contribution in [0, 0.1) is 0 Å². The Bertz CT molecular complexity index is 1920. The van der Waals surface area contributed by atoms with Gasteiger partial charge in [-0.15, -0.1) is 0 Å². The number of benzene rings is 8. The third-order valence-electron chi connectivity index (χ3n) is 9.21. The summed E-state index contributed by atoms with van der Waals surface area (Å²) in [6.45, 7) is 0. The second-order valence-electron chi connectivity index (χ2n) is 12.3. The fraction of sp³-hybridized carbons (Fsp3) is 0. The molecule has 0 unspecified atom stereocenters. The predicted octanol–water partition coefficient (Wildman–Crippen LogP) is 11.7. The Morgan fingerprint density at radius 1 is 0.279 bits per heavy atom. The van der Waals surface area contributed by atoms with Crippen molar-refractivity contribution in [2.75, 3.05) is 0 Å². The van der Waals surface area contributed by atoms with Gasteiger partial charge in [0.15, 0.2) is 0 Å². The normalized spacial score (nSPS) is 10.4. The van der Waals surface area contributed by atoms with E-state index < -0.39 is 14.5 Å². The smallest absolute Gasteiger partial charge is 0.144 e. The van der Waals surface area contributed by atoms with E-state index in [9.17, 15) is 0 Å². The Balaban J connectivity index is 0.000000217. The molecular weight excluding hydrogens is 1120 g/mol. The topological polar surface area (TPSA) is 24.7 Å². The molecule has 8 aromatic rings. The van der Waals surface area contributed by atoms with Gasteiger partial charge in [0.1, 0.15) is 57.0 Å². The molecule has 0 aliphatic rings. The maximum atomic E-state index is 4.81. The molecule has 0 spiro atoms. The van der Waals surface area contributed by atoms with Crippen LogP contribution in [0.5, 0.6) is 0 Å². The summed E-state index contributed by atoms with van der Waals surface area (Å²) in [4.78, 5) is 0.